The molecule has 0 saturated carbocycles. The molecule has 2 aromatic heterocycles. The van der Waals surface area contributed by atoms with E-state index >= 15 is 0 Å². The number of benzene rings is 6. The fourth-order valence-corrected chi connectivity index (χ4v) is 12.4. The number of carboxylic acids is 2. The van der Waals surface area contributed by atoms with Gasteiger partial charge in [-0.25, -0.2) is 31.9 Å². The largest absolute Gasteiger partial charge is 0.497 e. The number of nitrogens with two attached hydrogens (primary N) is 1. The lowest BCUT2D eigenvalue weighted by Crippen LogP contribution is -2.31. The second-order valence-corrected chi connectivity index (χ2v) is 27.0. The summed E-state index contributed by atoms with van der Waals surface area (Å²) in [7, 11) is -4.90. The Hall–Kier alpha value is -8.50. The van der Waals surface area contributed by atoms with Crippen LogP contribution in [0.15, 0.2) is 168 Å². The number of sulfonamides is 2. The molecule has 6 N–H and O–H groups in total. The molecule has 18 nitrogen and oxygen atoms in total. The Kier molecular flexibility index (Phi) is 22.9. The van der Waals surface area contributed by atoms with Crippen LogP contribution in [0.4, 0.5) is 0 Å². The Morgan fingerprint density at radius 2 is 0.922 bits per heavy atom. The van der Waals surface area contributed by atoms with Crippen molar-refractivity contribution in [1.82, 2.24) is 14.3 Å². The smallest absolute Gasteiger partial charge is 0.307 e. The van der Waals surface area contributed by atoms with Gasteiger partial charge in [-0.2, -0.15) is 4.31 Å². The minimum absolute atomic E-state index is 0.0512. The van der Waals surface area contributed by atoms with Crippen LogP contribution < -0.4 is 24.1 Å². The Bertz CT molecular complexity index is 3980. The highest BCUT2D eigenvalue weighted by atomic mass is 32.2. The monoisotopic (exact) mass is 1260 g/mol. The zero-order valence-corrected chi connectivity index (χ0v) is 54.1. The van der Waals surface area contributed by atoms with Crippen molar-refractivity contribution in [2.45, 2.75) is 127 Å². The molecule has 2 heterocycles. The second-order valence-electron chi connectivity index (χ2n) is 23.5. The highest BCUT2D eigenvalue weighted by Crippen LogP contribution is 2.35. The number of rotatable bonds is 27. The molecular weight excluding hydrogens is 1180 g/mol. The lowest BCUT2D eigenvalue weighted by atomic mass is 9.89. The van der Waals surface area contributed by atoms with Crippen molar-refractivity contribution in [3.63, 3.8) is 0 Å². The lowest BCUT2D eigenvalue weighted by Gasteiger charge is -2.25. The molecule has 476 valence electrons. The summed E-state index contributed by atoms with van der Waals surface area (Å²) in [6.07, 6.45) is 3.70. The molecule has 0 atom stereocenters. The summed E-state index contributed by atoms with van der Waals surface area (Å²) in [5.41, 5.74) is 7.81. The van der Waals surface area contributed by atoms with E-state index in [-0.39, 0.29) is 60.8 Å². The van der Waals surface area contributed by atoms with Crippen molar-refractivity contribution in [2.24, 2.45) is 5.14 Å². The molecule has 8 rings (SSSR count). The summed E-state index contributed by atoms with van der Waals surface area (Å²) in [6, 6.07) is 42.7. The number of hydrogen-bond donors (Lipinski definition) is 5. The lowest BCUT2D eigenvalue weighted by molar-refractivity contribution is -0.137. The topological polar surface area (TPSA) is 275 Å². The van der Waals surface area contributed by atoms with Crippen LogP contribution in [0.5, 0.6) is 23.3 Å². The van der Waals surface area contributed by atoms with Gasteiger partial charge in [-0.1, -0.05) is 100 Å². The maximum absolute atomic E-state index is 14.6. The van der Waals surface area contributed by atoms with Gasteiger partial charge in [0, 0.05) is 50.5 Å². The number of methoxy groups -OCH3 is 2. The van der Waals surface area contributed by atoms with E-state index in [0.29, 0.717) is 58.4 Å². The number of carboxylic acid groups (broad SMARTS) is 2. The molecule has 0 aliphatic rings. The van der Waals surface area contributed by atoms with E-state index in [9.17, 15) is 46.9 Å². The van der Waals surface area contributed by atoms with E-state index in [1.165, 1.54) is 22.5 Å². The minimum atomic E-state index is -4.11. The molecule has 20 heteroatoms. The van der Waals surface area contributed by atoms with Gasteiger partial charge >= 0.3 is 11.9 Å². The SMILES string of the molecule is CC(C)c1cccc(-c2ccnc(OCCc3cc(C(C)(C)O)cc(S(N)(=O)=O)c3)c2)c1CC(=O)O.COc1ccc(CN(Cc2ccc(OC)cc2)S(=O)(=O)c2cc(CCOc3cc(-c4cccc(C(C)C)c4CC(=O)O)ccn3)cc(C(C)(C)O)c2)cc1. The molecule has 0 bridgehead atoms. The molecule has 8 aromatic rings. The summed E-state index contributed by atoms with van der Waals surface area (Å²) >= 11 is 0. The number of nitrogens with zero attached hydrogens (tertiary/aromatic N) is 3. The zero-order valence-electron chi connectivity index (χ0n) is 52.4. The molecule has 0 amide bonds. The van der Waals surface area contributed by atoms with Crippen LogP contribution in [0.1, 0.15) is 123 Å². The first kappa shape index (κ1) is 69.0. The number of primary sulfonamides is 1. The summed E-state index contributed by atoms with van der Waals surface area (Å²) in [4.78, 5) is 32.0. The maximum atomic E-state index is 14.6. The molecule has 6 aromatic carbocycles. The Morgan fingerprint density at radius 3 is 1.28 bits per heavy atom. The van der Waals surface area contributed by atoms with Crippen LogP contribution in [-0.2, 0) is 79.6 Å². The number of carbonyl (C=O) groups is 2. The van der Waals surface area contributed by atoms with Crippen LogP contribution in [0.3, 0.4) is 0 Å². The third kappa shape index (κ3) is 18.8. The van der Waals surface area contributed by atoms with E-state index in [0.717, 1.165) is 55.6 Å². The van der Waals surface area contributed by atoms with Gasteiger partial charge < -0.3 is 39.4 Å². The second kappa shape index (κ2) is 29.9. The first-order valence-electron chi connectivity index (χ1n) is 29.3. The first-order chi connectivity index (χ1) is 42.4. The van der Waals surface area contributed by atoms with Gasteiger partial charge in [0.1, 0.15) is 11.5 Å². The summed E-state index contributed by atoms with van der Waals surface area (Å²) in [5, 5.41) is 45.9. The van der Waals surface area contributed by atoms with Crippen molar-refractivity contribution >= 4 is 32.0 Å². The fourth-order valence-electron chi connectivity index (χ4n) is 10.3. The molecule has 90 heavy (non-hydrogen) atoms. The van der Waals surface area contributed by atoms with Crippen molar-refractivity contribution in [3.8, 4) is 45.5 Å². The van der Waals surface area contributed by atoms with Crippen LogP contribution >= 0.6 is 0 Å². The Morgan fingerprint density at radius 1 is 0.533 bits per heavy atom. The number of aliphatic carboxylic acids is 2. The van der Waals surface area contributed by atoms with Gasteiger partial charge in [-0.3, -0.25) is 9.59 Å². The molecule has 0 radical (unpaired) electrons. The van der Waals surface area contributed by atoms with Crippen molar-refractivity contribution in [1.29, 1.82) is 0 Å². The normalized spacial score (nSPS) is 12.0. The quantitative estimate of drug-likeness (QED) is 0.0320. The Balaban J connectivity index is 0.000000278. The predicted molar refractivity (Wildman–Crippen MR) is 346 cm³/mol. The van der Waals surface area contributed by atoms with E-state index in [2.05, 4.69) is 9.97 Å². The highest BCUT2D eigenvalue weighted by molar-refractivity contribution is 7.89. The van der Waals surface area contributed by atoms with Gasteiger partial charge in [0.25, 0.3) is 0 Å². The van der Waals surface area contributed by atoms with E-state index in [4.69, 9.17) is 24.1 Å². The van der Waals surface area contributed by atoms with Gasteiger partial charge in [0.2, 0.25) is 31.8 Å². The molecule has 0 fully saturated rings. The number of ether oxygens (including phenoxy) is 4. The molecule has 0 unspecified atom stereocenters. The number of aromatic nitrogens is 2. The van der Waals surface area contributed by atoms with Crippen molar-refractivity contribution in [2.75, 3.05) is 27.4 Å². The van der Waals surface area contributed by atoms with Crippen LogP contribution in [0.2, 0.25) is 0 Å². The van der Waals surface area contributed by atoms with Crippen molar-refractivity contribution < 1.29 is 65.8 Å². The number of pyridine rings is 2. The molecule has 0 aliphatic heterocycles. The number of aliphatic hydroxyl groups is 2. The number of hydrogen-bond acceptors (Lipinski definition) is 14. The van der Waals surface area contributed by atoms with E-state index in [1.54, 1.807) is 109 Å². The summed E-state index contributed by atoms with van der Waals surface area (Å²) in [5.74, 6) is 0.531. The summed E-state index contributed by atoms with van der Waals surface area (Å²) < 4.78 is 76.9. The van der Waals surface area contributed by atoms with Crippen molar-refractivity contribution in [3.05, 3.63) is 214 Å². The van der Waals surface area contributed by atoms with Crippen LogP contribution in [0, 0.1) is 0 Å². The maximum Gasteiger partial charge on any atom is 0.307 e. The predicted octanol–water partition coefficient (Wildman–Crippen LogP) is 11.8. The van der Waals surface area contributed by atoms with Gasteiger partial charge in [-0.05, 0) is 178 Å². The molecule has 0 aliphatic carbocycles. The third-order valence-electron chi connectivity index (χ3n) is 15.0. The Labute approximate surface area is 528 Å². The highest BCUT2D eigenvalue weighted by Gasteiger charge is 2.29. The zero-order chi connectivity index (χ0) is 65.7. The van der Waals surface area contributed by atoms with Crippen LogP contribution in [0.25, 0.3) is 22.3 Å². The van der Waals surface area contributed by atoms with Gasteiger partial charge in [0.05, 0.1) is 61.3 Å². The summed E-state index contributed by atoms with van der Waals surface area (Å²) in [6.45, 7) is 15.1. The molecular formula is C70H80N4O14S2. The fraction of sp³-hybridized carbons (Fsp3) is 0.314. The van der Waals surface area contributed by atoms with Gasteiger partial charge in [0.15, 0.2) is 0 Å². The molecule has 0 spiro atoms. The van der Waals surface area contributed by atoms with E-state index in [1.807, 2.05) is 100 Å². The first-order valence-corrected chi connectivity index (χ1v) is 32.3. The standard InChI is InChI=1S/C43H48N2O8S.C27H32N2O6S/c1-29(2)38-8-7-9-39(40(38)26-42(46)47)33-18-20-44-41(24-33)53-21-19-32-22-34(43(3,4)48)25-37(23-32)54(49,50)45(27-30-10-14-35(51-5)15-11-30)28-31-12-16-36(52-6)17-13-31;1-17(2)22-6-5-7-23(24(22)16-26(30)31)19-8-10-29-25(14-19)35-11-9-18-12-20(27(3,4)32)15-21(13-18)36(28,33)34/h7-18,20,22-25,29,48H,19,21,26-28H2,1-6H3,(H,46,47);5-8,10,12-15,17,32H,9,11,16H2,1-4H3,(H,30,31)(H2,28,33,34). The minimum Gasteiger partial charge on any atom is -0.497 e. The molecule has 0 saturated heterocycles. The third-order valence-corrected chi connectivity index (χ3v) is 17.7. The van der Waals surface area contributed by atoms with Gasteiger partial charge in [-0.15, -0.1) is 0 Å². The van der Waals surface area contributed by atoms with Crippen LogP contribution in [-0.4, -0.2) is 90.9 Å². The average molecular weight is 1270 g/mol. The van der Waals surface area contributed by atoms with E-state index < -0.39 is 43.2 Å². The average Bonchev–Trinajstić information content (AvgIpc) is 0.878.